The molecular weight excluding hydrogens is 356 g/mol. The van der Waals surface area contributed by atoms with Gasteiger partial charge in [-0.15, -0.1) is 0 Å². The predicted octanol–water partition coefficient (Wildman–Crippen LogP) is -0.182. The molecule has 0 radical (unpaired) electrons. The van der Waals surface area contributed by atoms with Gasteiger partial charge in [0, 0.05) is 5.02 Å². The van der Waals surface area contributed by atoms with E-state index in [0.29, 0.717) is 5.02 Å². The summed E-state index contributed by atoms with van der Waals surface area (Å²) in [4.78, 5) is 55.9. The number of ether oxygens (including phenoxy) is 2. The predicted molar refractivity (Wildman–Crippen MR) is 82.2 cm³/mol. The average molecular weight is 369 g/mol. The number of carbonyl (C=O) groups is 4. The van der Waals surface area contributed by atoms with Crippen molar-refractivity contribution >= 4 is 41.0 Å². The zero-order chi connectivity index (χ0) is 18.4. The summed E-state index contributed by atoms with van der Waals surface area (Å²) in [6, 6.07) is 5.92. The smallest absolute Gasteiger partial charge is 0.341 e. The number of esters is 2. The highest BCUT2D eigenvalue weighted by molar-refractivity contribution is 6.31. The van der Waals surface area contributed by atoms with Gasteiger partial charge in [0.05, 0.1) is 19.9 Å². The van der Waals surface area contributed by atoms with Crippen LogP contribution < -0.4 is 10.4 Å². The molecule has 2 aliphatic heterocycles. The summed E-state index contributed by atoms with van der Waals surface area (Å²) in [7, 11) is 2.08. The molecule has 2 aliphatic rings. The number of nitrogens with one attached hydrogen (secondary N) is 1. The molecule has 0 aliphatic carbocycles. The summed E-state index contributed by atoms with van der Waals surface area (Å²) in [5.41, 5.74) is 0.152. The van der Waals surface area contributed by atoms with Crippen molar-refractivity contribution in [2.75, 3.05) is 19.1 Å². The largest absolute Gasteiger partial charge is 0.467 e. The summed E-state index contributed by atoms with van der Waals surface area (Å²) in [5.74, 6) is -5.16. The van der Waals surface area contributed by atoms with E-state index in [4.69, 9.17) is 16.4 Å². The van der Waals surface area contributed by atoms with E-state index in [1.807, 2.05) is 0 Å². The zero-order valence-electron chi connectivity index (χ0n) is 13.1. The van der Waals surface area contributed by atoms with Crippen LogP contribution in [0.2, 0.25) is 5.02 Å². The Morgan fingerprint density at radius 2 is 1.68 bits per heavy atom. The number of imide groups is 1. The van der Waals surface area contributed by atoms with Crippen LogP contribution in [0.25, 0.3) is 0 Å². The molecule has 0 unspecified atom stereocenters. The fraction of sp³-hybridized carbons (Fsp3) is 0.333. The zero-order valence-corrected chi connectivity index (χ0v) is 13.9. The Hall–Kier alpha value is -2.49. The lowest BCUT2D eigenvalue weighted by molar-refractivity contribution is -0.169. The van der Waals surface area contributed by atoms with Crippen molar-refractivity contribution in [2.45, 2.75) is 11.6 Å². The third-order valence-corrected chi connectivity index (χ3v) is 4.42. The summed E-state index contributed by atoms with van der Waals surface area (Å²) in [6.45, 7) is 0. The first-order valence-corrected chi connectivity index (χ1v) is 7.49. The second kappa shape index (κ2) is 6.10. The molecule has 0 saturated carbocycles. The van der Waals surface area contributed by atoms with E-state index in [1.165, 1.54) is 24.3 Å². The first kappa shape index (κ1) is 17.3. The van der Waals surface area contributed by atoms with Crippen LogP contribution in [0, 0.1) is 5.92 Å². The van der Waals surface area contributed by atoms with Gasteiger partial charge in [0.2, 0.25) is 5.91 Å². The number of benzene rings is 1. The normalized spacial score (nSPS) is 24.2. The highest BCUT2D eigenvalue weighted by Gasteiger charge is 2.71. The molecule has 2 heterocycles. The Bertz CT molecular complexity index is 748. The lowest BCUT2D eigenvalue weighted by atomic mass is 9.82. The van der Waals surface area contributed by atoms with Crippen molar-refractivity contribution in [2.24, 2.45) is 5.92 Å². The molecule has 0 bridgehead atoms. The van der Waals surface area contributed by atoms with Crippen molar-refractivity contribution in [1.29, 1.82) is 0 Å². The van der Waals surface area contributed by atoms with Crippen molar-refractivity contribution in [3.05, 3.63) is 29.3 Å². The maximum Gasteiger partial charge on any atom is 0.341 e. The first-order chi connectivity index (χ1) is 11.9. The van der Waals surface area contributed by atoms with Gasteiger partial charge in [-0.05, 0) is 24.3 Å². The first-order valence-electron chi connectivity index (χ1n) is 7.11. The van der Waals surface area contributed by atoms with Gasteiger partial charge in [0.1, 0.15) is 5.92 Å². The molecule has 3 rings (SSSR count). The average Bonchev–Trinajstić information content (AvgIpc) is 3.13. The lowest BCUT2D eigenvalue weighted by Gasteiger charge is -2.26. The molecule has 2 atom stereocenters. The second-order valence-electron chi connectivity index (χ2n) is 5.40. The number of hydrogen-bond acceptors (Lipinski definition) is 8. The molecule has 1 aromatic rings. The summed E-state index contributed by atoms with van der Waals surface area (Å²) in [6.07, 6.45) is -1.37. The Morgan fingerprint density at radius 1 is 1.12 bits per heavy atom. The monoisotopic (exact) mass is 368 g/mol. The van der Waals surface area contributed by atoms with Crippen molar-refractivity contribution in [3.63, 3.8) is 0 Å². The standard InChI is InChI=1S/C15H13ClN2O7/c1-23-13(21)15(14(22)24-2)9-10(25-17-15)12(20)18(11(9)19)8-5-3-7(16)4-6-8/h3-6,9-10,17H,1-2H3/t9-,10-/m0/s1. The molecule has 0 spiro atoms. The van der Waals surface area contributed by atoms with E-state index in [-0.39, 0.29) is 5.69 Å². The van der Waals surface area contributed by atoms with E-state index < -0.39 is 41.3 Å². The van der Waals surface area contributed by atoms with Crippen LogP contribution in [0.1, 0.15) is 0 Å². The third kappa shape index (κ3) is 2.31. The molecule has 2 saturated heterocycles. The van der Waals surface area contributed by atoms with E-state index in [0.717, 1.165) is 19.1 Å². The van der Waals surface area contributed by atoms with Crippen molar-refractivity contribution in [1.82, 2.24) is 5.48 Å². The van der Waals surface area contributed by atoms with Gasteiger partial charge in [-0.25, -0.2) is 14.5 Å². The van der Waals surface area contributed by atoms with E-state index in [9.17, 15) is 19.2 Å². The summed E-state index contributed by atoms with van der Waals surface area (Å²) < 4.78 is 9.25. The fourth-order valence-corrected chi connectivity index (χ4v) is 3.11. The number of halogens is 1. The number of amides is 2. The van der Waals surface area contributed by atoms with Gasteiger partial charge in [-0.3, -0.25) is 14.4 Å². The fourth-order valence-electron chi connectivity index (χ4n) is 2.98. The van der Waals surface area contributed by atoms with E-state index in [1.54, 1.807) is 0 Å². The molecule has 1 N–H and O–H groups in total. The van der Waals surface area contributed by atoms with Crippen LogP contribution in [-0.4, -0.2) is 49.6 Å². The van der Waals surface area contributed by atoms with Crippen LogP contribution in [-0.2, 0) is 33.5 Å². The minimum Gasteiger partial charge on any atom is -0.467 e. The minimum atomic E-state index is -2.26. The van der Waals surface area contributed by atoms with Gasteiger partial charge in [-0.2, -0.15) is 5.48 Å². The number of anilines is 1. The van der Waals surface area contributed by atoms with Gasteiger partial charge >= 0.3 is 11.9 Å². The van der Waals surface area contributed by atoms with Crippen LogP contribution in [0.5, 0.6) is 0 Å². The maximum absolute atomic E-state index is 12.9. The SMILES string of the molecule is COC(=O)C1(C(=O)OC)NO[C@@H]2C(=O)N(c3ccc(Cl)cc3)C(=O)[C@H]21. The second-order valence-corrected chi connectivity index (χ2v) is 5.83. The quantitative estimate of drug-likeness (QED) is 0.444. The van der Waals surface area contributed by atoms with Gasteiger partial charge in [0.25, 0.3) is 11.4 Å². The molecule has 2 amide bonds. The van der Waals surface area contributed by atoms with Crippen molar-refractivity contribution in [3.8, 4) is 0 Å². The Labute approximate surface area is 146 Å². The summed E-state index contributed by atoms with van der Waals surface area (Å²) >= 11 is 5.81. The topological polar surface area (TPSA) is 111 Å². The van der Waals surface area contributed by atoms with Crippen LogP contribution in [0.15, 0.2) is 24.3 Å². The lowest BCUT2D eigenvalue weighted by Crippen LogP contribution is -2.61. The van der Waals surface area contributed by atoms with Gasteiger partial charge in [-0.1, -0.05) is 11.6 Å². The van der Waals surface area contributed by atoms with Crippen LogP contribution >= 0.6 is 11.6 Å². The third-order valence-electron chi connectivity index (χ3n) is 4.17. The number of rotatable bonds is 3. The van der Waals surface area contributed by atoms with Gasteiger partial charge in [0.15, 0.2) is 6.10 Å². The maximum atomic E-state index is 12.9. The van der Waals surface area contributed by atoms with E-state index >= 15 is 0 Å². The Kier molecular flexibility index (Phi) is 4.23. The molecule has 0 aromatic heterocycles. The van der Waals surface area contributed by atoms with Crippen LogP contribution in [0.3, 0.4) is 0 Å². The highest BCUT2D eigenvalue weighted by atomic mass is 35.5. The number of carbonyl (C=O) groups excluding carboxylic acids is 4. The highest BCUT2D eigenvalue weighted by Crippen LogP contribution is 2.40. The molecule has 25 heavy (non-hydrogen) atoms. The van der Waals surface area contributed by atoms with Crippen LogP contribution in [0.4, 0.5) is 5.69 Å². The van der Waals surface area contributed by atoms with Gasteiger partial charge < -0.3 is 9.47 Å². The summed E-state index contributed by atoms with van der Waals surface area (Å²) in [5, 5.41) is 0.416. The molecule has 1 aromatic carbocycles. The van der Waals surface area contributed by atoms with Crippen molar-refractivity contribution < 1.29 is 33.5 Å². The number of methoxy groups -OCH3 is 2. The number of hydroxylamine groups is 1. The molecule has 10 heteroatoms. The number of fused-ring (bicyclic) bond motifs is 1. The molecular formula is C15H13ClN2O7. The minimum absolute atomic E-state index is 0.237. The Morgan fingerprint density at radius 3 is 2.20 bits per heavy atom. The molecule has 9 nitrogen and oxygen atoms in total. The number of nitrogens with zero attached hydrogens (tertiary/aromatic N) is 1. The molecule has 2 fully saturated rings. The number of hydrogen-bond donors (Lipinski definition) is 1. The van der Waals surface area contributed by atoms with E-state index in [2.05, 4.69) is 15.0 Å². The Balaban J connectivity index is 2.06. The molecule has 132 valence electrons.